The Morgan fingerprint density at radius 2 is 2.00 bits per heavy atom. The second kappa shape index (κ2) is 4.87. The van der Waals surface area contributed by atoms with E-state index in [1.807, 2.05) is 17.1 Å². The number of unbranched alkanes of at least 4 members (excludes halogenated alkanes) is 2. The standard InChI is InChI=1S/C13H16OSe/c1-2-3-4-9-13-12-8-6-5-7-11(12)10-15(13)14/h5-8,10H,2-4,9H2,1H3. The summed E-state index contributed by atoms with van der Waals surface area (Å²) in [5, 5.41) is 2.43. The number of fused-ring (bicyclic) bond motifs is 1. The van der Waals surface area contributed by atoms with Crippen molar-refractivity contribution in [1.82, 2.24) is 0 Å². The molecule has 0 aliphatic carbocycles. The monoisotopic (exact) mass is 268 g/mol. The van der Waals surface area contributed by atoms with Crippen molar-refractivity contribution < 1.29 is 3.83 Å². The average Bonchev–Trinajstić information content (AvgIpc) is 2.56. The van der Waals surface area contributed by atoms with E-state index in [9.17, 15) is 3.83 Å². The van der Waals surface area contributed by atoms with Gasteiger partial charge in [0, 0.05) is 0 Å². The Morgan fingerprint density at radius 1 is 1.20 bits per heavy atom. The number of rotatable bonds is 4. The molecule has 0 amide bonds. The topological polar surface area (TPSA) is 17.1 Å². The Labute approximate surface area is 94.6 Å². The quantitative estimate of drug-likeness (QED) is 0.599. The third-order valence-electron chi connectivity index (χ3n) is 2.75. The molecule has 1 atom stereocenters. The third-order valence-corrected chi connectivity index (χ3v) is 5.64. The van der Waals surface area contributed by atoms with E-state index >= 15 is 0 Å². The molecule has 0 fully saturated rings. The Hall–Kier alpha value is -0.721. The summed E-state index contributed by atoms with van der Waals surface area (Å²) in [5.41, 5.74) is 0. The first-order valence-corrected chi connectivity index (χ1v) is 8.08. The van der Waals surface area contributed by atoms with Gasteiger partial charge < -0.3 is 0 Å². The van der Waals surface area contributed by atoms with Gasteiger partial charge in [0.15, 0.2) is 0 Å². The van der Waals surface area contributed by atoms with Crippen molar-refractivity contribution >= 4 is 23.3 Å². The van der Waals surface area contributed by atoms with E-state index in [2.05, 4.69) is 19.1 Å². The van der Waals surface area contributed by atoms with Crippen LogP contribution >= 0.6 is 0 Å². The average molecular weight is 267 g/mol. The summed E-state index contributed by atoms with van der Waals surface area (Å²) < 4.78 is 13.2. The summed E-state index contributed by atoms with van der Waals surface area (Å²) in [6, 6.07) is 8.23. The molecule has 0 N–H and O–H groups in total. The molecule has 1 aromatic rings. The summed E-state index contributed by atoms with van der Waals surface area (Å²) in [6.45, 7) is 2.20. The molecule has 1 unspecified atom stereocenters. The molecule has 0 aromatic heterocycles. The van der Waals surface area contributed by atoms with E-state index in [-0.39, 0.29) is 0 Å². The fourth-order valence-electron chi connectivity index (χ4n) is 1.92. The number of hydrogen-bond acceptors (Lipinski definition) is 1. The van der Waals surface area contributed by atoms with Gasteiger partial charge in [0.05, 0.1) is 0 Å². The Bertz CT molecular complexity index is 488. The van der Waals surface area contributed by atoms with Crippen LogP contribution in [0.1, 0.15) is 32.6 Å². The first-order chi connectivity index (χ1) is 7.33. The van der Waals surface area contributed by atoms with Crippen molar-refractivity contribution in [3.63, 3.8) is 0 Å². The number of hydrogen-bond donors (Lipinski definition) is 0. The minimum atomic E-state index is -1.82. The summed E-state index contributed by atoms with van der Waals surface area (Å²) >= 11 is -1.82. The predicted molar refractivity (Wildman–Crippen MR) is 64.1 cm³/mol. The zero-order chi connectivity index (χ0) is 10.7. The van der Waals surface area contributed by atoms with Crippen LogP contribution in [0.5, 0.6) is 0 Å². The molecular formula is C13H16OSe. The van der Waals surface area contributed by atoms with Crippen LogP contribution in [0.2, 0.25) is 0 Å². The van der Waals surface area contributed by atoms with E-state index < -0.39 is 13.8 Å². The summed E-state index contributed by atoms with van der Waals surface area (Å²) in [7, 11) is 0. The van der Waals surface area contributed by atoms with Gasteiger partial charge in [-0.25, -0.2) is 0 Å². The molecule has 0 spiro atoms. The molecule has 2 heteroatoms. The van der Waals surface area contributed by atoms with Gasteiger partial charge in [-0.2, -0.15) is 0 Å². The first-order valence-electron chi connectivity index (χ1n) is 5.53. The van der Waals surface area contributed by atoms with Crippen molar-refractivity contribution in [1.29, 1.82) is 0 Å². The van der Waals surface area contributed by atoms with Crippen LogP contribution in [0.3, 0.4) is 0 Å². The molecular weight excluding hydrogens is 251 g/mol. The van der Waals surface area contributed by atoms with Gasteiger partial charge in [-0.3, -0.25) is 0 Å². The van der Waals surface area contributed by atoms with Crippen molar-refractivity contribution in [2.24, 2.45) is 0 Å². The summed E-state index contributed by atoms with van der Waals surface area (Å²) in [5.74, 6) is 0. The second-order valence-electron chi connectivity index (χ2n) is 3.88. The van der Waals surface area contributed by atoms with Gasteiger partial charge in [0.2, 0.25) is 0 Å². The Balaban J connectivity index is 2.31. The molecule has 15 heavy (non-hydrogen) atoms. The van der Waals surface area contributed by atoms with Gasteiger partial charge in [-0.15, -0.1) is 0 Å². The van der Waals surface area contributed by atoms with E-state index in [1.54, 1.807) is 0 Å². The maximum absolute atomic E-state index is 11.9. The fourth-order valence-corrected chi connectivity index (χ4v) is 4.70. The second-order valence-corrected chi connectivity index (χ2v) is 6.66. The summed E-state index contributed by atoms with van der Waals surface area (Å²) in [4.78, 5) is 1.97. The van der Waals surface area contributed by atoms with Crippen molar-refractivity contribution in [3.05, 3.63) is 34.7 Å². The molecule has 1 nitrogen and oxygen atoms in total. The van der Waals surface area contributed by atoms with Crippen LogP contribution in [-0.2, 0) is 3.83 Å². The third kappa shape index (κ3) is 2.27. The van der Waals surface area contributed by atoms with E-state index in [0.29, 0.717) is 0 Å². The van der Waals surface area contributed by atoms with Gasteiger partial charge in [0.25, 0.3) is 0 Å². The normalized spacial score (nSPS) is 18.7. The van der Waals surface area contributed by atoms with Crippen molar-refractivity contribution in [3.8, 4) is 0 Å². The van der Waals surface area contributed by atoms with E-state index in [1.165, 1.54) is 34.2 Å². The Morgan fingerprint density at radius 3 is 2.80 bits per heavy atom. The molecule has 1 aliphatic rings. The first kappa shape index (κ1) is 10.8. The van der Waals surface area contributed by atoms with Crippen LogP contribution < -0.4 is 10.4 Å². The van der Waals surface area contributed by atoms with Gasteiger partial charge >= 0.3 is 94.4 Å². The number of benzene rings is 1. The molecule has 1 aliphatic heterocycles. The minimum absolute atomic E-state index is 1.02. The maximum atomic E-state index is 11.9. The van der Waals surface area contributed by atoms with E-state index in [0.717, 1.165) is 6.42 Å². The van der Waals surface area contributed by atoms with Crippen LogP contribution in [0.4, 0.5) is 0 Å². The molecule has 2 rings (SSSR count). The zero-order valence-electron chi connectivity index (χ0n) is 9.03. The molecule has 1 aromatic carbocycles. The molecule has 1 heterocycles. The molecule has 0 bridgehead atoms. The fraction of sp³-hybridized carbons (Fsp3) is 0.385. The van der Waals surface area contributed by atoms with Crippen molar-refractivity contribution in [2.75, 3.05) is 0 Å². The van der Waals surface area contributed by atoms with Crippen LogP contribution in [0.25, 0.3) is 9.45 Å². The zero-order valence-corrected chi connectivity index (χ0v) is 10.7. The predicted octanol–water partition coefficient (Wildman–Crippen LogP) is 1.71. The molecule has 80 valence electrons. The molecule has 0 saturated carbocycles. The van der Waals surface area contributed by atoms with Crippen LogP contribution in [-0.4, -0.2) is 13.8 Å². The molecule has 0 radical (unpaired) electrons. The van der Waals surface area contributed by atoms with Crippen LogP contribution in [0, 0.1) is 0 Å². The van der Waals surface area contributed by atoms with E-state index in [4.69, 9.17) is 0 Å². The van der Waals surface area contributed by atoms with Gasteiger partial charge in [-0.05, 0) is 0 Å². The van der Waals surface area contributed by atoms with Crippen LogP contribution in [0.15, 0.2) is 24.3 Å². The van der Waals surface area contributed by atoms with Gasteiger partial charge in [0.1, 0.15) is 0 Å². The van der Waals surface area contributed by atoms with Crippen molar-refractivity contribution in [2.45, 2.75) is 32.6 Å². The van der Waals surface area contributed by atoms with Gasteiger partial charge in [-0.1, -0.05) is 0 Å². The summed E-state index contributed by atoms with van der Waals surface area (Å²) in [6.07, 6.45) is 4.67. The molecule has 0 saturated heterocycles. The Kier molecular flexibility index (Phi) is 3.50. The SMILES string of the molecule is CCCCCC1=c2ccccc2=C[Se]1=O.